The first kappa shape index (κ1) is 13.5. The number of nitrogens with zero attached hydrogens (tertiary/aromatic N) is 2. The Labute approximate surface area is 109 Å². The smallest absolute Gasteiger partial charge is 0.0925 e. The van der Waals surface area contributed by atoms with E-state index in [0.29, 0.717) is 12.1 Å². The van der Waals surface area contributed by atoms with Crippen molar-refractivity contribution < 1.29 is 4.74 Å². The maximum Gasteiger partial charge on any atom is 0.0925 e. The Bertz CT molecular complexity index is 364. The second-order valence-corrected chi connectivity index (χ2v) is 5.19. The minimum absolute atomic E-state index is 0.486. The van der Waals surface area contributed by atoms with Gasteiger partial charge >= 0.3 is 0 Å². The standard InChI is InChI=1S/C13H24N4O/c1-10(2)17(4-5-18-3)8-11-6-12-13(7-14-11)16-9-15-12/h9-11,14H,4-8H2,1-3H3,(H,15,16). The summed E-state index contributed by atoms with van der Waals surface area (Å²) in [7, 11) is 1.76. The molecule has 0 amide bonds. The number of H-pyrrole nitrogens is 1. The molecule has 0 spiro atoms. The van der Waals surface area contributed by atoms with Gasteiger partial charge in [0.1, 0.15) is 0 Å². The fourth-order valence-corrected chi connectivity index (χ4v) is 2.41. The van der Waals surface area contributed by atoms with E-state index in [0.717, 1.165) is 32.7 Å². The second-order valence-electron chi connectivity index (χ2n) is 5.19. The van der Waals surface area contributed by atoms with E-state index < -0.39 is 0 Å². The summed E-state index contributed by atoms with van der Waals surface area (Å²) in [5, 5.41) is 3.57. The van der Waals surface area contributed by atoms with Crippen LogP contribution in [0.25, 0.3) is 0 Å². The third kappa shape index (κ3) is 3.31. The van der Waals surface area contributed by atoms with Crippen molar-refractivity contribution in [3.8, 4) is 0 Å². The Morgan fingerprint density at radius 2 is 2.39 bits per heavy atom. The molecule has 0 radical (unpaired) electrons. The van der Waals surface area contributed by atoms with Crippen LogP contribution in [-0.2, 0) is 17.7 Å². The van der Waals surface area contributed by atoms with Gasteiger partial charge in [0.25, 0.3) is 0 Å². The summed E-state index contributed by atoms with van der Waals surface area (Å²) in [4.78, 5) is 10.0. The quantitative estimate of drug-likeness (QED) is 0.785. The molecule has 0 saturated carbocycles. The van der Waals surface area contributed by atoms with Crippen LogP contribution in [0.3, 0.4) is 0 Å². The predicted octanol–water partition coefficient (Wildman–Crippen LogP) is 0.781. The fourth-order valence-electron chi connectivity index (χ4n) is 2.41. The van der Waals surface area contributed by atoms with Gasteiger partial charge in [-0.2, -0.15) is 0 Å². The molecule has 1 aromatic heterocycles. The van der Waals surface area contributed by atoms with Gasteiger partial charge in [-0.1, -0.05) is 0 Å². The topological polar surface area (TPSA) is 53.2 Å². The highest BCUT2D eigenvalue weighted by molar-refractivity contribution is 5.16. The van der Waals surface area contributed by atoms with Crippen LogP contribution in [0.1, 0.15) is 25.2 Å². The number of hydrogen-bond donors (Lipinski definition) is 2. The molecular formula is C13H24N4O. The molecule has 1 aliphatic heterocycles. The summed E-state index contributed by atoms with van der Waals surface area (Å²) in [6, 6.07) is 1.03. The lowest BCUT2D eigenvalue weighted by Gasteiger charge is -2.32. The summed E-state index contributed by atoms with van der Waals surface area (Å²) >= 11 is 0. The Morgan fingerprint density at radius 1 is 1.56 bits per heavy atom. The fraction of sp³-hybridized carbons (Fsp3) is 0.769. The Morgan fingerprint density at radius 3 is 3.11 bits per heavy atom. The molecule has 18 heavy (non-hydrogen) atoms. The number of rotatable bonds is 6. The van der Waals surface area contributed by atoms with Crippen molar-refractivity contribution in [2.45, 2.75) is 38.9 Å². The van der Waals surface area contributed by atoms with E-state index in [9.17, 15) is 0 Å². The third-order valence-corrected chi connectivity index (χ3v) is 3.58. The summed E-state index contributed by atoms with van der Waals surface area (Å²) in [5.74, 6) is 0. The zero-order valence-electron chi connectivity index (χ0n) is 11.6. The number of methoxy groups -OCH3 is 1. The van der Waals surface area contributed by atoms with E-state index in [-0.39, 0.29) is 0 Å². The summed E-state index contributed by atoms with van der Waals surface area (Å²) < 4.78 is 5.18. The Kier molecular flexibility index (Phi) is 4.74. The van der Waals surface area contributed by atoms with Crippen LogP contribution < -0.4 is 5.32 Å². The molecule has 5 heteroatoms. The van der Waals surface area contributed by atoms with E-state index >= 15 is 0 Å². The molecule has 1 unspecified atom stereocenters. The number of hydrogen-bond acceptors (Lipinski definition) is 4. The van der Waals surface area contributed by atoms with Gasteiger partial charge in [-0.15, -0.1) is 0 Å². The molecule has 2 heterocycles. The van der Waals surface area contributed by atoms with Crippen LogP contribution in [0.15, 0.2) is 6.33 Å². The number of fused-ring (bicyclic) bond motifs is 1. The molecule has 0 bridgehead atoms. The lowest BCUT2D eigenvalue weighted by molar-refractivity contribution is 0.120. The largest absolute Gasteiger partial charge is 0.383 e. The van der Waals surface area contributed by atoms with Gasteiger partial charge in [-0.05, 0) is 13.8 Å². The monoisotopic (exact) mass is 252 g/mol. The van der Waals surface area contributed by atoms with Crippen molar-refractivity contribution in [3.63, 3.8) is 0 Å². The van der Waals surface area contributed by atoms with Gasteiger partial charge in [0, 0.05) is 45.2 Å². The average Bonchev–Trinajstić information content (AvgIpc) is 2.81. The van der Waals surface area contributed by atoms with Crippen LogP contribution >= 0.6 is 0 Å². The normalized spacial score (nSPS) is 19.5. The minimum atomic E-state index is 0.486. The highest BCUT2D eigenvalue weighted by atomic mass is 16.5. The van der Waals surface area contributed by atoms with E-state index in [1.165, 1.54) is 11.4 Å². The Balaban J connectivity index is 1.88. The zero-order valence-corrected chi connectivity index (χ0v) is 11.6. The van der Waals surface area contributed by atoms with E-state index in [1.807, 2.05) is 0 Å². The highest BCUT2D eigenvalue weighted by Crippen LogP contribution is 2.13. The minimum Gasteiger partial charge on any atom is -0.383 e. The van der Waals surface area contributed by atoms with Gasteiger partial charge < -0.3 is 15.0 Å². The van der Waals surface area contributed by atoms with Crippen LogP contribution in [0, 0.1) is 0 Å². The predicted molar refractivity (Wildman–Crippen MR) is 71.5 cm³/mol. The number of nitrogens with one attached hydrogen (secondary N) is 2. The van der Waals surface area contributed by atoms with E-state index in [4.69, 9.17) is 4.74 Å². The molecule has 0 saturated heterocycles. The first-order valence-corrected chi connectivity index (χ1v) is 6.68. The molecule has 102 valence electrons. The molecular weight excluding hydrogens is 228 g/mol. The molecule has 1 atom stereocenters. The summed E-state index contributed by atoms with van der Waals surface area (Å²) in [5.41, 5.74) is 2.45. The zero-order chi connectivity index (χ0) is 13.0. The van der Waals surface area contributed by atoms with Gasteiger partial charge in [-0.3, -0.25) is 4.90 Å². The van der Waals surface area contributed by atoms with Crippen LogP contribution in [-0.4, -0.2) is 53.8 Å². The maximum absolute atomic E-state index is 5.18. The van der Waals surface area contributed by atoms with Crippen molar-refractivity contribution >= 4 is 0 Å². The summed E-state index contributed by atoms with van der Waals surface area (Å²) in [6.07, 6.45) is 2.80. The first-order valence-electron chi connectivity index (χ1n) is 6.68. The highest BCUT2D eigenvalue weighted by Gasteiger charge is 2.22. The molecule has 0 aromatic carbocycles. The molecule has 0 aliphatic carbocycles. The van der Waals surface area contributed by atoms with Crippen LogP contribution in [0.4, 0.5) is 0 Å². The number of ether oxygens (including phenoxy) is 1. The lowest BCUT2D eigenvalue weighted by Crippen LogP contribution is -2.47. The average molecular weight is 252 g/mol. The van der Waals surface area contributed by atoms with Crippen molar-refractivity contribution in [2.24, 2.45) is 0 Å². The number of imidazole rings is 1. The van der Waals surface area contributed by atoms with Gasteiger partial charge in [0.15, 0.2) is 0 Å². The van der Waals surface area contributed by atoms with Gasteiger partial charge in [0.2, 0.25) is 0 Å². The summed E-state index contributed by atoms with van der Waals surface area (Å²) in [6.45, 7) is 8.19. The van der Waals surface area contributed by atoms with Crippen molar-refractivity contribution in [2.75, 3.05) is 26.8 Å². The first-order chi connectivity index (χ1) is 8.70. The second kappa shape index (κ2) is 6.31. The van der Waals surface area contributed by atoms with Gasteiger partial charge in [-0.25, -0.2) is 4.98 Å². The maximum atomic E-state index is 5.18. The van der Waals surface area contributed by atoms with Gasteiger partial charge in [0.05, 0.1) is 24.3 Å². The molecule has 2 rings (SSSR count). The number of aromatic nitrogens is 2. The SMILES string of the molecule is COCCN(CC1Cc2nc[nH]c2CN1)C(C)C. The Hall–Kier alpha value is -0.910. The van der Waals surface area contributed by atoms with Crippen molar-refractivity contribution in [3.05, 3.63) is 17.7 Å². The van der Waals surface area contributed by atoms with Crippen LogP contribution in [0.5, 0.6) is 0 Å². The van der Waals surface area contributed by atoms with Crippen molar-refractivity contribution in [1.82, 2.24) is 20.2 Å². The molecule has 5 nitrogen and oxygen atoms in total. The third-order valence-electron chi connectivity index (χ3n) is 3.58. The van der Waals surface area contributed by atoms with E-state index in [2.05, 4.69) is 34.0 Å². The van der Waals surface area contributed by atoms with Crippen LogP contribution in [0.2, 0.25) is 0 Å². The molecule has 1 aliphatic rings. The lowest BCUT2D eigenvalue weighted by atomic mass is 10.0. The molecule has 0 fully saturated rings. The molecule has 2 N–H and O–H groups in total. The van der Waals surface area contributed by atoms with Crippen molar-refractivity contribution in [1.29, 1.82) is 0 Å². The molecule has 1 aromatic rings. The van der Waals surface area contributed by atoms with E-state index in [1.54, 1.807) is 13.4 Å². The number of aromatic amines is 1.